The lowest BCUT2D eigenvalue weighted by molar-refractivity contribution is -0.135. The molecule has 3 saturated carbocycles. The first kappa shape index (κ1) is 46.1. The summed E-state index contributed by atoms with van der Waals surface area (Å²) in [4.78, 5) is 54.2. The fourth-order valence-electron chi connectivity index (χ4n) is 11.1. The van der Waals surface area contributed by atoms with Crippen LogP contribution in [0.3, 0.4) is 0 Å². The molecular weight excluding hydrogens is 851 g/mol. The van der Waals surface area contributed by atoms with Crippen molar-refractivity contribution in [2.24, 2.45) is 17.8 Å². The van der Waals surface area contributed by atoms with Crippen molar-refractivity contribution >= 4 is 56.1 Å². The van der Waals surface area contributed by atoms with E-state index >= 15 is 0 Å². The minimum atomic E-state index is -0.617. The molecule has 12 heteroatoms. The van der Waals surface area contributed by atoms with Gasteiger partial charge in [0.25, 0.3) is 0 Å². The maximum atomic E-state index is 14.4. The Balaban J connectivity index is 1.15. The molecule has 3 aromatic heterocycles. The molecule has 9 rings (SSSR count). The van der Waals surface area contributed by atoms with Crippen LogP contribution in [0.2, 0.25) is 0 Å². The molecule has 0 unspecified atom stereocenters. The third kappa shape index (κ3) is 10.1. The Hall–Kier alpha value is -6.04. The minimum absolute atomic E-state index is 0.156. The van der Waals surface area contributed by atoms with Crippen molar-refractivity contribution in [1.82, 2.24) is 4.40 Å². The molecule has 3 aliphatic carbocycles. The van der Waals surface area contributed by atoms with E-state index in [1.807, 2.05) is 18.2 Å². The van der Waals surface area contributed by atoms with Crippen LogP contribution in [-0.4, -0.2) is 43.6 Å². The number of carbonyl (C=O) groups is 3. The van der Waals surface area contributed by atoms with Crippen LogP contribution in [0.15, 0.2) is 63.9 Å². The summed E-state index contributed by atoms with van der Waals surface area (Å²) < 4.78 is 43.4. The van der Waals surface area contributed by atoms with Crippen molar-refractivity contribution < 1.29 is 47.2 Å². The highest BCUT2D eigenvalue weighted by Crippen LogP contribution is 2.47. The van der Waals surface area contributed by atoms with Gasteiger partial charge in [0, 0.05) is 53.2 Å². The lowest BCUT2D eigenvalue weighted by atomic mass is 9.86. The molecule has 0 N–H and O–H groups in total. The number of fused-ring (bicyclic) bond motifs is 7. The topological polar surface area (TPSA) is 141 Å². The van der Waals surface area contributed by atoms with Crippen LogP contribution in [-0.2, 0) is 14.4 Å². The van der Waals surface area contributed by atoms with Gasteiger partial charge >= 0.3 is 23.5 Å². The van der Waals surface area contributed by atoms with Gasteiger partial charge in [-0.2, -0.15) is 0 Å². The summed E-state index contributed by atoms with van der Waals surface area (Å²) in [5.41, 5.74) is 1.77. The number of hydrogen-bond donors (Lipinski definition) is 0. The lowest BCUT2D eigenvalue weighted by Gasteiger charge is -2.21. The molecule has 3 aliphatic rings. The fraction of sp³-hybridized carbons (Fsp3) is 0.491. The van der Waals surface area contributed by atoms with E-state index in [2.05, 4.69) is 0 Å². The van der Waals surface area contributed by atoms with Gasteiger partial charge in [0.2, 0.25) is 0 Å². The number of carbonyl (C=O) groups excluding carboxylic acids is 3. The van der Waals surface area contributed by atoms with Crippen LogP contribution in [0.25, 0.3) is 49.3 Å². The Morgan fingerprint density at radius 2 is 1.01 bits per heavy atom. The maximum Gasteiger partial charge on any atom is 0.361 e. The fourth-order valence-corrected chi connectivity index (χ4v) is 11.1. The van der Waals surface area contributed by atoms with E-state index in [9.17, 15) is 19.2 Å². The molecule has 67 heavy (non-hydrogen) atoms. The van der Waals surface area contributed by atoms with Crippen molar-refractivity contribution in [3.8, 4) is 45.6 Å². The van der Waals surface area contributed by atoms with Crippen molar-refractivity contribution in [1.29, 1.82) is 0 Å². The molecule has 0 amide bonds. The van der Waals surface area contributed by atoms with Gasteiger partial charge in [-0.1, -0.05) is 102 Å². The Bertz CT molecular complexity index is 2840. The molecule has 0 spiro atoms. The van der Waals surface area contributed by atoms with Crippen LogP contribution < -0.4 is 34.0 Å². The summed E-state index contributed by atoms with van der Waals surface area (Å²) in [6.07, 6.45) is 22.8. The van der Waals surface area contributed by atoms with E-state index < -0.39 is 5.63 Å². The molecule has 3 heterocycles. The summed E-state index contributed by atoms with van der Waals surface area (Å²) in [6, 6.07) is 14.1. The zero-order valence-electron chi connectivity index (χ0n) is 39.2. The summed E-state index contributed by atoms with van der Waals surface area (Å²) in [5, 5.41) is 2.51. The smallest absolute Gasteiger partial charge is 0.361 e. The van der Waals surface area contributed by atoms with E-state index in [0.29, 0.717) is 86.4 Å². The molecule has 6 aromatic rings. The van der Waals surface area contributed by atoms with Crippen molar-refractivity contribution in [2.75, 3.05) is 21.3 Å². The first-order valence-electron chi connectivity index (χ1n) is 24.6. The lowest BCUT2D eigenvalue weighted by Crippen LogP contribution is -2.13. The average Bonchev–Trinajstić information content (AvgIpc) is 3.72. The number of benzene rings is 3. The SMILES string of the molecule is COc1cc(-c2c3c4cc(OC)c(OC(=O)CCC5CCCCC5)cc4oc(=O)c3n3ccc4cc(OC(=O)CCC5CCCCC5)c(OC)cc4c23)ccc1OC(=O)CCC1CCCCC1. The van der Waals surface area contributed by atoms with E-state index in [-0.39, 0.29) is 46.9 Å². The first-order chi connectivity index (χ1) is 32.7. The number of pyridine rings is 1. The highest BCUT2D eigenvalue weighted by molar-refractivity contribution is 6.22. The predicted octanol–water partition coefficient (Wildman–Crippen LogP) is 12.8. The third-order valence-corrected chi connectivity index (χ3v) is 14.7. The Labute approximate surface area is 391 Å². The number of esters is 3. The van der Waals surface area contributed by atoms with Gasteiger partial charge in [0.05, 0.1) is 26.8 Å². The molecule has 0 radical (unpaired) electrons. The first-order valence-corrected chi connectivity index (χ1v) is 24.6. The molecule has 0 bridgehead atoms. The monoisotopic (exact) mass is 913 g/mol. The molecule has 354 valence electrons. The molecule has 0 saturated heterocycles. The van der Waals surface area contributed by atoms with Crippen LogP contribution in [0.4, 0.5) is 0 Å². The highest BCUT2D eigenvalue weighted by atomic mass is 16.6. The molecule has 12 nitrogen and oxygen atoms in total. The summed E-state index contributed by atoms with van der Waals surface area (Å²) >= 11 is 0. The third-order valence-electron chi connectivity index (χ3n) is 14.7. The number of aromatic nitrogens is 1. The number of methoxy groups -OCH3 is 3. The van der Waals surface area contributed by atoms with Crippen molar-refractivity contribution in [2.45, 2.75) is 135 Å². The van der Waals surface area contributed by atoms with E-state index in [0.717, 1.165) is 63.2 Å². The zero-order valence-corrected chi connectivity index (χ0v) is 39.2. The maximum absolute atomic E-state index is 14.4. The minimum Gasteiger partial charge on any atom is -0.493 e. The highest BCUT2D eigenvalue weighted by Gasteiger charge is 2.27. The normalized spacial score (nSPS) is 16.4. The Morgan fingerprint density at radius 3 is 1.54 bits per heavy atom. The number of ether oxygens (including phenoxy) is 6. The van der Waals surface area contributed by atoms with Gasteiger partial charge in [-0.05, 0) is 84.4 Å². The van der Waals surface area contributed by atoms with Crippen LogP contribution in [0, 0.1) is 17.8 Å². The summed E-state index contributed by atoms with van der Waals surface area (Å²) in [5.74, 6) is 2.30. The number of hydrogen-bond acceptors (Lipinski definition) is 11. The van der Waals surface area contributed by atoms with Gasteiger partial charge in [0.15, 0.2) is 34.5 Å². The average molecular weight is 914 g/mol. The Morgan fingerprint density at radius 1 is 0.537 bits per heavy atom. The molecule has 0 aliphatic heterocycles. The van der Waals surface area contributed by atoms with Crippen LogP contribution in [0.5, 0.6) is 34.5 Å². The second kappa shape index (κ2) is 20.9. The van der Waals surface area contributed by atoms with Crippen molar-refractivity contribution in [3.63, 3.8) is 0 Å². The number of nitrogens with zero attached hydrogens (tertiary/aromatic N) is 1. The molecule has 3 fully saturated rings. The van der Waals surface area contributed by atoms with Gasteiger partial charge in [0.1, 0.15) is 11.1 Å². The summed E-state index contributed by atoms with van der Waals surface area (Å²) in [7, 11) is 4.57. The van der Waals surface area contributed by atoms with E-state index in [4.69, 9.17) is 32.8 Å². The van der Waals surface area contributed by atoms with E-state index in [1.165, 1.54) is 79.1 Å². The van der Waals surface area contributed by atoms with Crippen LogP contribution >= 0.6 is 0 Å². The second-order valence-electron chi connectivity index (χ2n) is 19.0. The van der Waals surface area contributed by atoms with Gasteiger partial charge < -0.3 is 37.2 Å². The van der Waals surface area contributed by atoms with E-state index in [1.54, 1.807) is 40.9 Å². The molecule has 3 aromatic carbocycles. The predicted molar refractivity (Wildman–Crippen MR) is 258 cm³/mol. The van der Waals surface area contributed by atoms with Gasteiger partial charge in [-0.25, -0.2) is 4.79 Å². The zero-order chi connectivity index (χ0) is 46.4. The largest absolute Gasteiger partial charge is 0.493 e. The van der Waals surface area contributed by atoms with Gasteiger partial charge in [-0.3, -0.25) is 14.4 Å². The number of rotatable bonds is 16. The molecule has 0 atom stereocenters. The van der Waals surface area contributed by atoms with Gasteiger partial charge in [-0.15, -0.1) is 0 Å². The standard InChI is InChI=1S/C55H63NO11/c1-61-43-30-38(22-23-41(43)64-48(57)24-19-34-13-7-4-8-14-34)51-52-40-32-45(63-3)47(66-50(59)26-21-36-17-11-6-12-18-36)33-42(40)67-55(60)54(52)56-28-27-37-29-46(44(62-2)31-39(37)53(51)56)65-49(58)25-20-35-15-9-5-10-16-35/h22-23,27-36H,4-21,24-26H2,1-3H3. The van der Waals surface area contributed by atoms with Crippen molar-refractivity contribution in [3.05, 3.63) is 65.1 Å². The Kier molecular flexibility index (Phi) is 14.3. The molecular formula is C55H63NO11. The summed E-state index contributed by atoms with van der Waals surface area (Å²) in [6.45, 7) is 0. The quantitative estimate of drug-likeness (QED) is 0.0520. The van der Waals surface area contributed by atoms with Crippen LogP contribution in [0.1, 0.15) is 135 Å². The second-order valence-corrected chi connectivity index (χ2v) is 19.0.